The summed E-state index contributed by atoms with van der Waals surface area (Å²) >= 11 is 0. The summed E-state index contributed by atoms with van der Waals surface area (Å²) in [5, 5.41) is 10.1. The fourth-order valence-corrected chi connectivity index (χ4v) is 9.78. The average molecular weight is 699 g/mol. The first kappa shape index (κ1) is 31.7. The molecule has 0 saturated heterocycles. The first-order valence-electron chi connectivity index (χ1n) is 19.4. The Morgan fingerprint density at radius 1 is 0.255 bits per heavy atom. The molecule has 0 amide bonds. The lowest BCUT2D eigenvalue weighted by Crippen LogP contribution is -2.14. The molecule has 0 nitrogen and oxygen atoms in total. The third kappa shape index (κ3) is 4.71. The standard InChI is InChI=1S/C55H38/c1-55(2)49-28-16-15-21-39(49)40-31-29-38(34-50(40)55)54-46-27-14-11-24-43(46)52(36-19-7-4-8-20-36)48-33-37(30-32-47(48)54)53-44-25-12-9-22-41(44)51(35-17-5-3-6-18-35)42-23-10-13-26-45(42)53/h3-34H,1-2H3. The maximum atomic E-state index is 2.48. The van der Waals surface area contributed by atoms with Gasteiger partial charge in [0, 0.05) is 5.41 Å². The predicted molar refractivity (Wildman–Crippen MR) is 236 cm³/mol. The van der Waals surface area contributed by atoms with Crippen molar-refractivity contribution in [3.8, 4) is 55.6 Å². The van der Waals surface area contributed by atoms with E-state index in [0.717, 1.165) is 0 Å². The minimum Gasteiger partial charge on any atom is -0.0622 e. The second kappa shape index (κ2) is 12.1. The maximum Gasteiger partial charge on any atom is 0.0159 e. The molecule has 0 aliphatic heterocycles. The summed E-state index contributed by atoms with van der Waals surface area (Å²) in [4.78, 5) is 0. The van der Waals surface area contributed by atoms with Gasteiger partial charge in [-0.2, -0.15) is 0 Å². The van der Waals surface area contributed by atoms with Crippen molar-refractivity contribution in [2.75, 3.05) is 0 Å². The first-order chi connectivity index (χ1) is 27.1. The van der Waals surface area contributed by atoms with Crippen molar-refractivity contribution in [3.63, 3.8) is 0 Å². The van der Waals surface area contributed by atoms with Gasteiger partial charge in [-0.15, -0.1) is 0 Å². The summed E-state index contributed by atoms with van der Waals surface area (Å²) in [6.07, 6.45) is 0. The van der Waals surface area contributed by atoms with Crippen LogP contribution in [0.2, 0.25) is 0 Å². The highest BCUT2D eigenvalue weighted by molar-refractivity contribution is 6.25. The summed E-state index contributed by atoms with van der Waals surface area (Å²) in [6.45, 7) is 4.75. The summed E-state index contributed by atoms with van der Waals surface area (Å²) in [5.74, 6) is 0. The van der Waals surface area contributed by atoms with Gasteiger partial charge in [0.15, 0.2) is 0 Å². The first-order valence-corrected chi connectivity index (χ1v) is 19.4. The van der Waals surface area contributed by atoms with Gasteiger partial charge in [-0.05, 0) is 122 Å². The van der Waals surface area contributed by atoms with E-state index in [-0.39, 0.29) is 5.41 Å². The molecule has 0 N–H and O–H groups in total. The molecule has 0 spiro atoms. The van der Waals surface area contributed by atoms with Crippen molar-refractivity contribution in [1.82, 2.24) is 0 Å². The summed E-state index contributed by atoms with van der Waals surface area (Å²) in [5.41, 5.74) is 15.5. The highest BCUT2D eigenvalue weighted by Crippen LogP contribution is 2.52. The highest BCUT2D eigenvalue weighted by Gasteiger charge is 2.35. The Balaban J connectivity index is 1.24. The predicted octanol–water partition coefficient (Wildman–Crippen LogP) is 15.3. The molecule has 0 aromatic heterocycles. The van der Waals surface area contributed by atoms with Crippen LogP contribution in [0.15, 0.2) is 194 Å². The van der Waals surface area contributed by atoms with Crippen LogP contribution in [0.5, 0.6) is 0 Å². The normalized spacial score (nSPS) is 13.1. The fraction of sp³-hybridized carbons (Fsp3) is 0.0545. The zero-order chi connectivity index (χ0) is 36.7. The molecule has 0 heteroatoms. The Morgan fingerprint density at radius 3 is 1.15 bits per heavy atom. The van der Waals surface area contributed by atoms with Crippen LogP contribution < -0.4 is 0 Å². The van der Waals surface area contributed by atoms with E-state index in [2.05, 4.69) is 208 Å². The number of benzene rings is 10. The van der Waals surface area contributed by atoms with Crippen molar-refractivity contribution < 1.29 is 0 Å². The number of hydrogen-bond acceptors (Lipinski definition) is 0. The SMILES string of the molecule is CC1(C)c2ccccc2-c2ccc(-c3c4ccccc4c(-c4ccccc4)c4cc(-c5c6ccccc6c(-c6ccccc6)c6ccccc56)ccc34)cc21. The largest absolute Gasteiger partial charge is 0.0622 e. The third-order valence-electron chi connectivity index (χ3n) is 12.2. The van der Waals surface area contributed by atoms with Crippen molar-refractivity contribution in [2.24, 2.45) is 0 Å². The molecule has 0 atom stereocenters. The fourth-order valence-electron chi connectivity index (χ4n) is 9.78. The lowest BCUT2D eigenvalue weighted by molar-refractivity contribution is 0.660. The van der Waals surface area contributed by atoms with Gasteiger partial charge in [-0.25, -0.2) is 0 Å². The number of hydrogen-bond donors (Lipinski definition) is 0. The van der Waals surface area contributed by atoms with E-state index in [4.69, 9.17) is 0 Å². The van der Waals surface area contributed by atoms with Gasteiger partial charge in [0.1, 0.15) is 0 Å². The van der Waals surface area contributed by atoms with Crippen LogP contribution in [0.25, 0.3) is 98.7 Å². The van der Waals surface area contributed by atoms with Crippen LogP contribution in [0, 0.1) is 0 Å². The van der Waals surface area contributed by atoms with Crippen LogP contribution in [0.3, 0.4) is 0 Å². The molecule has 1 aliphatic rings. The summed E-state index contributed by atoms with van der Waals surface area (Å²) in [7, 11) is 0. The highest BCUT2D eigenvalue weighted by atomic mass is 14.4. The summed E-state index contributed by atoms with van der Waals surface area (Å²) < 4.78 is 0. The molecule has 55 heavy (non-hydrogen) atoms. The van der Waals surface area contributed by atoms with E-state index in [1.807, 2.05) is 0 Å². The Morgan fingerprint density at radius 2 is 0.618 bits per heavy atom. The smallest absolute Gasteiger partial charge is 0.0159 e. The molecule has 0 radical (unpaired) electrons. The number of rotatable bonds is 4. The zero-order valence-corrected chi connectivity index (χ0v) is 31.0. The van der Waals surface area contributed by atoms with Crippen LogP contribution in [0.4, 0.5) is 0 Å². The van der Waals surface area contributed by atoms with Crippen LogP contribution in [-0.4, -0.2) is 0 Å². The molecule has 258 valence electrons. The van der Waals surface area contributed by atoms with Gasteiger partial charge >= 0.3 is 0 Å². The van der Waals surface area contributed by atoms with E-state index in [9.17, 15) is 0 Å². The molecular formula is C55H38. The zero-order valence-electron chi connectivity index (χ0n) is 31.0. The number of fused-ring (bicyclic) bond motifs is 7. The minimum absolute atomic E-state index is 0.0846. The molecule has 1 aliphatic carbocycles. The molecule has 11 rings (SSSR count). The van der Waals surface area contributed by atoms with E-state index in [1.165, 1.54) is 110 Å². The average Bonchev–Trinajstić information content (AvgIpc) is 3.47. The molecule has 10 aromatic carbocycles. The molecule has 0 saturated carbocycles. The minimum atomic E-state index is -0.0846. The molecular weight excluding hydrogens is 661 g/mol. The van der Waals surface area contributed by atoms with E-state index < -0.39 is 0 Å². The van der Waals surface area contributed by atoms with Crippen molar-refractivity contribution in [1.29, 1.82) is 0 Å². The second-order valence-electron chi connectivity index (χ2n) is 15.6. The van der Waals surface area contributed by atoms with Gasteiger partial charge in [0.25, 0.3) is 0 Å². The van der Waals surface area contributed by atoms with Crippen molar-refractivity contribution in [2.45, 2.75) is 19.3 Å². The topological polar surface area (TPSA) is 0 Å². The lowest BCUT2D eigenvalue weighted by Gasteiger charge is -2.23. The summed E-state index contributed by atoms with van der Waals surface area (Å²) in [6, 6.07) is 72.2. The van der Waals surface area contributed by atoms with Crippen molar-refractivity contribution in [3.05, 3.63) is 205 Å². The van der Waals surface area contributed by atoms with Crippen molar-refractivity contribution >= 4 is 43.1 Å². The van der Waals surface area contributed by atoms with Gasteiger partial charge in [0.05, 0.1) is 0 Å². The molecule has 0 fully saturated rings. The second-order valence-corrected chi connectivity index (χ2v) is 15.6. The Hall–Kier alpha value is -6.76. The van der Waals surface area contributed by atoms with Crippen LogP contribution in [0.1, 0.15) is 25.0 Å². The molecule has 0 bridgehead atoms. The van der Waals surface area contributed by atoms with Gasteiger partial charge in [0.2, 0.25) is 0 Å². The Labute approximate surface area is 322 Å². The van der Waals surface area contributed by atoms with Gasteiger partial charge < -0.3 is 0 Å². The van der Waals surface area contributed by atoms with Crippen LogP contribution in [-0.2, 0) is 5.41 Å². The molecule has 10 aromatic rings. The maximum absolute atomic E-state index is 2.48. The third-order valence-corrected chi connectivity index (χ3v) is 12.2. The van der Waals surface area contributed by atoms with Gasteiger partial charge in [-0.1, -0.05) is 196 Å². The monoisotopic (exact) mass is 698 g/mol. The quantitative estimate of drug-likeness (QED) is 0.161. The van der Waals surface area contributed by atoms with E-state index in [1.54, 1.807) is 0 Å². The Bertz CT molecular complexity index is 3090. The van der Waals surface area contributed by atoms with E-state index in [0.29, 0.717) is 0 Å². The van der Waals surface area contributed by atoms with E-state index >= 15 is 0 Å². The molecule has 0 unspecified atom stereocenters. The Kier molecular flexibility index (Phi) is 7.00. The lowest BCUT2D eigenvalue weighted by atomic mass is 9.80. The molecule has 0 heterocycles. The van der Waals surface area contributed by atoms with Crippen LogP contribution >= 0.6 is 0 Å². The van der Waals surface area contributed by atoms with Gasteiger partial charge in [-0.3, -0.25) is 0 Å².